The first-order valence-corrected chi connectivity index (χ1v) is 16.9. The Hall–Kier alpha value is -2.30. The molecule has 10 nitrogen and oxygen atoms in total. The van der Waals surface area contributed by atoms with E-state index >= 15 is 0 Å². The molecule has 4 fully saturated rings. The SMILES string of the molecule is CC(=O)O[C@@H]1C[C@]23COCC(C2CCC2C3=CC(=O)C3C2CCC(CC(C)C)C3C(=O)OCOC(=O)C(C)(C)C)[C@H]1OCCN. The molecule has 0 aromatic rings. The summed E-state index contributed by atoms with van der Waals surface area (Å²) in [6.45, 7) is 12.2. The van der Waals surface area contributed by atoms with Gasteiger partial charge in [-0.25, -0.2) is 0 Å². The maximum absolute atomic E-state index is 14.3. The number of ether oxygens (including phenoxy) is 5. The minimum atomic E-state index is -0.715. The fraction of sp³-hybridized carbons (Fsp3) is 0.829. The van der Waals surface area contributed by atoms with E-state index in [9.17, 15) is 19.2 Å². The van der Waals surface area contributed by atoms with Crippen LogP contribution in [0.5, 0.6) is 0 Å². The zero-order valence-electron chi connectivity index (χ0n) is 27.9. The highest BCUT2D eigenvalue weighted by atomic mass is 16.7. The van der Waals surface area contributed by atoms with Gasteiger partial charge >= 0.3 is 17.9 Å². The van der Waals surface area contributed by atoms with E-state index in [2.05, 4.69) is 13.8 Å². The molecule has 10 heteroatoms. The zero-order chi connectivity index (χ0) is 32.7. The third kappa shape index (κ3) is 6.61. The fourth-order valence-electron chi connectivity index (χ4n) is 9.61. The number of esters is 3. The Bertz CT molecular complexity index is 1170. The maximum atomic E-state index is 14.3. The van der Waals surface area contributed by atoms with E-state index in [0.29, 0.717) is 38.7 Å². The average molecular weight is 632 g/mol. The van der Waals surface area contributed by atoms with Crippen molar-refractivity contribution in [2.45, 2.75) is 92.3 Å². The first kappa shape index (κ1) is 34.0. The highest BCUT2D eigenvalue weighted by Gasteiger charge is 2.64. The van der Waals surface area contributed by atoms with Gasteiger partial charge in [-0.3, -0.25) is 19.2 Å². The Morgan fingerprint density at radius 2 is 1.84 bits per heavy atom. The topological polar surface area (TPSA) is 140 Å². The molecule has 5 aliphatic rings. The summed E-state index contributed by atoms with van der Waals surface area (Å²) >= 11 is 0. The van der Waals surface area contributed by atoms with Crippen molar-refractivity contribution in [3.05, 3.63) is 11.6 Å². The number of ketones is 1. The van der Waals surface area contributed by atoms with Gasteiger partial charge in [0.25, 0.3) is 0 Å². The second kappa shape index (κ2) is 13.4. The van der Waals surface area contributed by atoms with Crippen LogP contribution in [0, 0.1) is 58.2 Å². The lowest BCUT2D eigenvalue weighted by atomic mass is 9.45. The lowest BCUT2D eigenvalue weighted by molar-refractivity contribution is -0.224. The smallest absolute Gasteiger partial charge is 0.314 e. The van der Waals surface area contributed by atoms with Crippen molar-refractivity contribution in [3.63, 3.8) is 0 Å². The van der Waals surface area contributed by atoms with Crippen LogP contribution in [0.2, 0.25) is 0 Å². The second-order valence-electron chi connectivity index (χ2n) is 15.5. The van der Waals surface area contributed by atoms with E-state index in [0.717, 1.165) is 37.7 Å². The van der Waals surface area contributed by atoms with Gasteiger partial charge < -0.3 is 29.4 Å². The quantitative estimate of drug-likeness (QED) is 0.290. The minimum Gasteiger partial charge on any atom is -0.460 e. The minimum absolute atomic E-state index is 0.00433. The van der Waals surface area contributed by atoms with Crippen LogP contribution in [-0.4, -0.2) is 69.1 Å². The molecule has 4 aliphatic carbocycles. The van der Waals surface area contributed by atoms with Crippen LogP contribution in [0.15, 0.2) is 11.6 Å². The van der Waals surface area contributed by atoms with Crippen molar-refractivity contribution in [1.82, 2.24) is 0 Å². The van der Waals surface area contributed by atoms with Gasteiger partial charge in [0.2, 0.25) is 6.79 Å². The number of fused-ring (bicyclic) bond motifs is 3. The van der Waals surface area contributed by atoms with Crippen molar-refractivity contribution in [1.29, 1.82) is 0 Å². The summed E-state index contributed by atoms with van der Waals surface area (Å²) in [5.41, 5.74) is 5.74. The van der Waals surface area contributed by atoms with Crippen LogP contribution in [-0.2, 0) is 42.9 Å². The van der Waals surface area contributed by atoms with Gasteiger partial charge in [-0.05, 0) is 95.0 Å². The molecule has 1 aliphatic heterocycles. The first-order chi connectivity index (χ1) is 21.3. The van der Waals surface area contributed by atoms with Crippen molar-refractivity contribution in [3.8, 4) is 0 Å². The van der Waals surface area contributed by atoms with E-state index in [4.69, 9.17) is 29.4 Å². The molecule has 0 spiro atoms. The molecule has 2 bridgehead atoms. The van der Waals surface area contributed by atoms with Crippen molar-refractivity contribution in [2.75, 3.05) is 33.2 Å². The molecule has 0 aromatic carbocycles. The standard InChI is InChI=1S/C35H53NO9/c1-19(2)13-21-7-8-23-22-9-10-25-24-16-41-17-35(25,15-28(45-20(3)37)31(24)42-12-11-36)26(22)14-27(38)30(23)29(21)32(39)43-18-44-33(40)34(4,5)6/h14,19,21-25,28-31H,7-13,15-18,36H2,1-6H3/t21?,22?,23?,24?,25?,28-,29?,30?,31-,35+/m1/s1. The first-order valence-electron chi connectivity index (χ1n) is 16.9. The predicted molar refractivity (Wildman–Crippen MR) is 164 cm³/mol. The van der Waals surface area contributed by atoms with E-state index in [-0.39, 0.29) is 47.4 Å². The van der Waals surface area contributed by atoms with Gasteiger partial charge in [-0.1, -0.05) is 19.4 Å². The average Bonchev–Trinajstić information content (AvgIpc) is 2.95. The molecule has 3 saturated carbocycles. The number of rotatable bonds is 9. The predicted octanol–water partition coefficient (Wildman–Crippen LogP) is 4.23. The lowest BCUT2D eigenvalue weighted by Crippen LogP contribution is -2.64. The summed E-state index contributed by atoms with van der Waals surface area (Å²) in [7, 11) is 0. The number of hydrogen-bond donors (Lipinski definition) is 1. The highest BCUT2D eigenvalue weighted by Crippen LogP contribution is 2.64. The van der Waals surface area contributed by atoms with Gasteiger partial charge in [0, 0.05) is 30.7 Å². The van der Waals surface area contributed by atoms with Crippen molar-refractivity contribution < 1.29 is 42.9 Å². The Kier molecular flexibility index (Phi) is 10.2. The Labute approximate surface area is 267 Å². The lowest BCUT2D eigenvalue weighted by Gasteiger charge is -2.63. The van der Waals surface area contributed by atoms with Gasteiger partial charge in [-0.15, -0.1) is 0 Å². The zero-order valence-corrected chi connectivity index (χ0v) is 27.9. The Morgan fingerprint density at radius 1 is 1.09 bits per heavy atom. The van der Waals surface area contributed by atoms with Crippen LogP contribution in [0.4, 0.5) is 0 Å². The second-order valence-corrected chi connectivity index (χ2v) is 15.5. The molecule has 2 N–H and O–H groups in total. The number of carbonyl (C=O) groups excluding carboxylic acids is 4. The van der Waals surface area contributed by atoms with Crippen LogP contribution in [0.3, 0.4) is 0 Å². The largest absolute Gasteiger partial charge is 0.460 e. The number of allylic oxidation sites excluding steroid dienone is 1. The molecule has 0 aromatic heterocycles. The molecule has 1 saturated heterocycles. The third-order valence-electron chi connectivity index (χ3n) is 11.2. The molecule has 252 valence electrons. The summed E-state index contributed by atoms with van der Waals surface area (Å²) in [6, 6.07) is 0. The maximum Gasteiger partial charge on any atom is 0.314 e. The fourth-order valence-corrected chi connectivity index (χ4v) is 9.61. The van der Waals surface area contributed by atoms with Crippen molar-refractivity contribution >= 4 is 23.7 Å². The van der Waals surface area contributed by atoms with E-state index in [1.54, 1.807) is 20.8 Å². The van der Waals surface area contributed by atoms with Gasteiger partial charge in [0.1, 0.15) is 6.10 Å². The Balaban J connectivity index is 1.45. The van der Waals surface area contributed by atoms with Gasteiger partial charge in [-0.2, -0.15) is 0 Å². The third-order valence-corrected chi connectivity index (χ3v) is 11.2. The number of nitrogens with two attached hydrogens (primary N) is 1. The molecule has 0 amide bonds. The summed E-state index contributed by atoms with van der Waals surface area (Å²) in [5.74, 6) is -1.61. The summed E-state index contributed by atoms with van der Waals surface area (Å²) in [5, 5.41) is 0. The van der Waals surface area contributed by atoms with Crippen LogP contribution in [0.25, 0.3) is 0 Å². The van der Waals surface area contributed by atoms with E-state index in [1.807, 2.05) is 6.08 Å². The summed E-state index contributed by atoms with van der Waals surface area (Å²) in [6.07, 6.45) is 5.99. The molecular weight excluding hydrogens is 578 g/mol. The Morgan fingerprint density at radius 3 is 2.51 bits per heavy atom. The monoisotopic (exact) mass is 631 g/mol. The molecule has 0 radical (unpaired) electrons. The molecule has 1 heterocycles. The van der Waals surface area contributed by atoms with Crippen LogP contribution >= 0.6 is 0 Å². The van der Waals surface area contributed by atoms with Crippen LogP contribution < -0.4 is 5.73 Å². The molecule has 5 rings (SSSR count). The summed E-state index contributed by atoms with van der Waals surface area (Å²) < 4.78 is 29.2. The number of hydrogen-bond acceptors (Lipinski definition) is 10. The van der Waals surface area contributed by atoms with Crippen molar-refractivity contribution in [2.24, 2.45) is 63.9 Å². The van der Waals surface area contributed by atoms with Crippen LogP contribution in [0.1, 0.15) is 80.1 Å². The van der Waals surface area contributed by atoms with E-state index in [1.165, 1.54) is 6.92 Å². The molecular formula is C35H53NO9. The molecule has 7 unspecified atom stereocenters. The van der Waals surface area contributed by atoms with Gasteiger partial charge in [0.15, 0.2) is 5.78 Å². The summed E-state index contributed by atoms with van der Waals surface area (Å²) in [4.78, 5) is 52.6. The molecule has 10 atom stereocenters. The normalized spacial score (nSPS) is 37.5. The highest BCUT2D eigenvalue weighted by molar-refractivity contribution is 5.97. The van der Waals surface area contributed by atoms with E-state index < -0.39 is 47.5 Å². The number of carbonyl (C=O) groups is 4. The molecule has 45 heavy (non-hydrogen) atoms. The van der Waals surface area contributed by atoms with Gasteiger partial charge in [0.05, 0.1) is 37.3 Å².